The highest BCUT2D eigenvalue weighted by molar-refractivity contribution is 7.98. The lowest BCUT2D eigenvalue weighted by molar-refractivity contribution is -0.150. The number of carbonyl (C=O) groups excluding carboxylic acids is 4. The van der Waals surface area contributed by atoms with Crippen LogP contribution in [0.2, 0.25) is 0 Å². The van der Waals surface area contributed by atoms with E-state index in [-0.39, 0.29) is 35.9 Å². The summed E-state index contributed by atoms with van der Waals surface area (Å²) in [5, 5.41) is 8.37. The largest absolute Gasteiger partial charge is 0.469 e. The molecule has 0 aromatic heterocycles. The lowest BCUT2D eigenvalue weighted by atomic mass is 9.89. The molecule has 0 aliphatic rings. The van der Waals surface area contributed by atoms with Gasteiger partial charge in [-0.3, -0.25) is 9.59 Å². The predicted molar refractivity (Wildman–Crippen MR) is 169 cm³/mol. The summed E-state index contributed by atoms with van der Waals surface area (Å²) in [6.07, 6.45) is 7.65. The van der Waals surface area contributed by atoms with Crippen molar-refractivity contribution in [3.63, 3.8) is 0 Å². The Kier molecular flexibility index (Phi) is 28.0. The van der Waals surface area contributed by atoms with Gasteiger partial charge >= 0.3 is 18.0 Å². The van der Waals surface area contributed by atoms with Crippen molar-refractivity contribution >= 4 is 35.7 Å². The van der Waals surface area contributed by atoms with E-state index >= 15 is 0 Å². The molecule has 10 nitrogen and oxygen atoms in total. The van der Waals surface area contributed by atoms with Crippen LogP contribution in [0.3, 0.4) is 0 Å². The van der Waals surface area contributed by atoms with Crippen molar-refractivity contribution in [3.05, 3.63) is 12.2 Å². The molecule has 41 heavy (non-hydrogen) atoms. The monoisotopic (exact) mass is 605 g/mol. The molecular formula is C30H59N3O7S. The summed E-state index contributed by atoms with van der Waals surface area (Å²) in [5.74, 6) is 0.736. The average molecular weight is 606 g/mol. The van der Waals surface area contributed by atoms with Gasteiger partial charge in [-0.05, 0) is 65.5 Å². The van der Waals surface area contributed by atoms with Gasteiger partial charge in [-0.1, -0.05) is 47.1 Å². The van der Waals surface area contributed by atoms with E-state index in [9.17, 15) is 19.2 Å². The zero-order valence-electron chi connectivity index (χ0n) is 27.5. The fraction of sp³-hybridized carbons (Fsp3) is 0.800. The lowest BCUT2D eigenvalue weighted by Crippen LogP contribution is -2.39. The topological polar surface area (TPSA) is 132 Å². The van der Waals surface area contributed by atoms with Crippen LogP contribution in [-0.2, 0) is 28.6 Å². The zero-order chi connectivity index (χ0) is 32.3. The molecular weight excluding hydrogens is 546 g/mol. The molecule has 0 heterocycles. The molecule has 0 radical (unpaired) electrons. The van der Waals surface area contributed by atoms with Crippen LogP contribution in [-0.4, -0.2) is 83.0 Å². The molecule has 2 amide bonds. The number of likely N-dealkylation sites (N-methyl/N-ethyl adjacent to an activating group) is 1. The summed E-state index contributed by atoms with van der Waals surface area (Å²) in [6.45, 7) is 19.0. The summed E-state index contributed by atoms with van der Waals surface area (Å²) in [5.41, 5.74) is -0.197. The van der Waals surface area contributed by atoms with E-state index in [1.807, 2.05) is 60.4 Å². The molecule has 0 bridgehead atoms. The molecule has 0 saturated carbocycles. The van der Waals surface area contributed by atoms with Gasteiger partial charge in [0.2, 0.25) is 5.91 Å². The highest BCUT2D eigenvalue weighted by Crippen LogP contribution is 2.20. The maximum absolute atomic E-state index is 11.4. The fourth-order valence-electron chi connectivity index (χ4n) is 2.46. The number of hydrogen-bond donors (Lipinski definition) is 3. The van der Waals surface area contributed by atoms with Crippen molar-refractivity contribution in [2.45, 2.75) is 87.0 Å². The number of carbonyl (C=O) groups is 4. The van der Waals surface area contributed by atoms with Crippen molar-refractivity contribution < 1.29 is 33.4 Å². The maximum atomic E-state index is 11.4. The standard InChI is InChI=1S/C14H25NO4S.C9H20N2O.C7H14O2/c1-12(2)13(16)18-10-8-15-14(17)19-9-6-4-5-7-11-20-3;1-5-9(2,3)8(12)11-7-6-10-4;1-5-7(2,3)6(8)9-4/h1,4-11H2,2-3H3,(H,15,17);10H,5-7H2,1-4H3,(H,11,12);5H2,1-4H3. The van der Waals surface area contributed by atoms with Gasteiger partial charge in [-0.2, -0.15) is 11.8 Å². The van der Waals surface area contributed by atoms with E-state index in [0.717, 1.165) is 32.2 Å². The summed E-state index contributed by atoms with van der Waals surface area (Å²) in [6, 6.07) is 0. The Hall–Kier alpha value is -2.27. The van der Waals surface area contributed by atoms with Gasteiger partial charge in [-0.15, -0.1) is 0 Å². The van der Waals surface area contributed by atoms with Gasteiger partial charge in [0.15, 0.2) is 0 Å². The van der Waals surface area contributed by atoms with Gasteiger partial charge in [-0.25, -0.2) is 9.59 Å². The second kappa shape index (κ2) is 26.6. The molecule has 0 aliphatic heterocycles. The van der Waals surface area contributed by atoms with Gasteiger partial charge in [0.1, 0.15) is 6.61 Å². The first-order chi connectivity index (χ1) is 19.2. The Morgan fingerprint density at radius 3 is 1.85 bits per heavy atom. The lowest BCUT2D eigenvalue weighted by Gasteiger charge is -2.21. The molecule has 3 N–H and O–H groups in total. The Labute approximate surface area is 253 Å². The van der Waals surface area contributed by atoms with Gasteiger partial charge in [0.05, 0.1) is 25.7 Å². The van der Waals surface area contributed by atoms with Crippen LogP contribution in [0.4, 0.5) is 4.79 Å². The predicted octanol–water partition coefficient (Wildman–Crippen LogP) is 5.11. The number of esters is 2. The number of amides is 2. The number of nitrogens with one attached hydrogen (secondary N) is 3. The van der Waals surface area contributed by atoms with Crippen molar-refractivity contribution in [2.24, 2.45) is 10.8 Å². The third-order valence-electron chi connectivity index (χ3n) is 6.21. The molecule has 0 aromatic rings. The minimum Gasteiger partial charge on any atom is -0.469 e. The number of ether oxygens (including phenoxy) is 3. The van der Waals surface area contributed by atoms with Crippen LogP contribution in [0.5, 0.6) is 0 Å². The van der Waals surface area contributed by atoms with Crippen molar-refractivity contribution in [1.82, 2.24) is 16.0 Å². The number of thioether (sulfide) groups is 1. The number of rotatable bonds is 18. The Morgan fingerprint density at radius 2 is 1.39 bits per heavy atom. The smallest absolute Gasteiger partial charge is 0.407 e. The fourth-order valence-corrected chi connectivity index (χ4v) is 2.95. The summed E-state index contributed by atoms with van der Waals surface area (Å²) in [7, 11) is 3.29. The summed E-state index contributed by atoms with van der Waals surface area (Å²) in [4.78, 5) is 44.6. The third-order valence-corrected chi connectivity index (χ3v) is 6.91. The van der Waals surface area contributed by atoms with Crippen molar-refractivity contribution in [3.8, 4) is 0 Å². The Morgan fingerprint density at radius 1 is 0.805 bits per heavy atom. The number of unbranched alkanes of at least 4 members (excludes halogenated alkanes) is 3. The van der Waals surface area contributed by atoms with Crippen molar-refractivity contribution in [1.29, 1.82) is 0 Å². The second-order valence-electron chi connectivity index (χ2n) is 10.7. The average Bonchev–Trinajstić information content (AvgIpc) is 2.94. The van der Waals surface area contributed by atoms with E-state index in [1.165, 1.54) is 25.7 Å². The molecule has 0 aromatic carbocycles. The number of alkyl carbamates (subject to hydrolysis) is 1. The third kappa shape index (κ3) is 26.4. The van der Waals surface area contributed by atoms with Crippen molar-refractivity contribution in [2.75, 3.05) is 59.0 Å². The van der Waals surface area contributed by atoms with E-state index < -0.39 is 12.1 Å². The van der Waals surface area contributed by atoms with Crippen LogP contribution < -0.4 is 16.0 Å². The van der Waals surface area contributed by atoms with Crippen LogP contribution in [0.15, 0.2) is 12.2 Å². The molecule has 0 aliphatic carbocycles. The van der Waals surface area contributed by atoms with E-state index in [0.29, 0.717) is 18.7 Å². The first kappa shape index (κ1) is 43.2. The minimum atomic E-state index is -0.472. The molecule has 0 saturated heterocycles. The first-order valence-corrected chi connectivity index (χ1v) is 15.8. The second-order valence-corrected chi connectivity index (χ2v) is 11.7. The Bertz CT molecular complexity index is 744. The summed E-state index contributed by atoms with van der Waals surface area (Å²) >= 11 is 1.85. The van der Waals surface area contributed by atoms with Crippen LogP contribution in [0.1, 0.15) is 87.0 Å². The normalized spacial score (nSPS) is 10.6. The highest BCUT2D eigenvalue weighted by atomic mass is 32.2. The molecule has 0 atom stereocenters. The van der Waals surface area contributed by atoms with Crippen LogP contribution in [0, 0.1) is 10.8 Å². The summed E-state index contributed by atoms with van der Waals surface area (Å²) < 4.78 is 14.4. The van der Waals surface area contributed by atoms with E-state index in [1.54, 1.807) is 6.92 Å². The molecule has 11 heteroatoms. The molecule has 242 valence electrons. The molecule has 0 spiro atoms. The maximum Gasteiger partial charge on any atom is 0.407 e. The highest BCUT2D eigenvalue weighted by Gasteiger charge is 2.25. The van der Waals surface area contributed by atoms with E-state index in [4.69, 9.17) is 9.47 Å². The number of hydrogen-bond acceptors (Lipinski definition) is 9. The van der Waals surface area contributed by atoms with Gasteiger partial charge in [0.25, 0.3) is 0 Å². The SMILES string of the molecule is C=C(C)C(=O)OCCNC(=O)OCCCCCCSC.CCC(C)(C)C(=O)NCCNC.CCC(C)(C)C(=O)OC. The molecule has 0 fully saturated rings. The number of methoxy groups -OCH3 is 1. The van der Waals surface area contributed by atoms with Gasteiger partial charge in [0, 0.05) is 24.1 Å². The van der Waals surface area contributed by atoms with Crippen LogP contribution >= 0.6 is 11.8 Å². The minimum absolute atomic E-state index is 0.121. The zero-order valence-corrected chi connectivity index (χ0v) is 28.3. The van der Waals surface area contributed by atoms with E-state index in [2.05, 4.69) is 33.5 Å². The molecule has 0 rings (SSSR count). The van der Waals surface area contributed by atoms with Crippen LogP contribution in [0.25, 0.3) is 0 Å². The van der Waals surface area contributed by atoms with Gasteiger partial charge < -0.3 is 30.2 Å². The molecule has 0 unspecified atom stereocenters. The first-order valence-electron chi connectivity index (χ1n) is 14.4. The quantitative estimate of drug-likeness (QED) is 0.0844. The Balaban J connectivity index is -0.000000583.